The molecular weight excluding hydrogens is 318 g/mol. The van der Waals surface area contributed by atoms with Gasteiger partial charge in [0.1, 0.15) is 5.82 Å². The summed E-state index contributed by atoms with van der Waals surface area (Å²) in [4.78, 5) is 17.0. The molecule has 25 heavy (non-hydrogen) atoms. The van der Waals surface area contributed by atoms with E-state index in [4.69, 9.17) is 4.74 Å². The highest BCUT2D eigenvalue weighted by atomic mass is 16.5. The third kappa shape index (κ3) is 3.02. The largest absolute Gasteiger partial charge is 0.380 e. The summed E-state index contributed by atoms with van der Waals surface area (Å²) >= 11 is 0. The number of pyridine rings is 1. The van der Waals surface area contributed by atoms with Gasteiger partial charge in [-0.3, -0.25) is 14.1 Å². The Bertz CT molecular complexity index is 753. The number of fused-ring (bicyclic) bond motifs is 1. The zero-order chi connectivity index (χ0) is 17.4. The smallest absolute Gasteiger partial charge is 0.240 e. The topological polar surface area (TPSA) is 63.0 Å². The van der Waals surface area contributed by atoms with E-state index in [0.29, 0.717) is 5.92 Å². The van der Waals surface area contributed by atoms with E-state index >= 15 is 0 Å². The monoisotopic (exact) mass is 343 g/mol. The van der Waals surface area contributed by atoms with Gasteiger partial charge in [-0.15, -0.1) is 10.2 Å². The van der Waals surface area contributed by atoms with E-state index < -0.39 is 0 Å². The molecule has 4 heterocycles. The molecule has 2 aliphatic rings. The van der Waals surface area contributed by atoms with Crippen molar-refractivity contribution in [2.45, 2.75) is 37.3 Å². The first kappa shape index (κ1) is 16.5. The molecule has 0 unspecified atom stereocenters. The van der Waals surface area contributed by atoms with Gasteiger partial charge in [-0.2, -0.15) is 0 Å². The molecule has 0 saturated carbocycles. The number of carbonyl (C=O) groups is 1. The minimum atomic E-state index is -0.0459. The van der Waals surface area contributed by atoms with Crippen molar-refractivity contribution in [2.75, 3.05) is 33.8 Å². The Balaban J connectivity index is 1.41. The van der Waals surface area contributed by atoms with E-state index in [9.17, 15) is 4.79 Å². The summed E-state index contributed by atoms with van der Waals surface area (Å²) in [6, 6.07) is 5.90. The van der Waals surface area contributed by atoms with Gasteiger partial charge >= 0.3 is 0 Å². The van der Waals surface area contributed by atoms with Crippen LogP contribution >= 0.6 is 0 Å². The molecule has 0 N–H and O–H groups in total. The zero-order valence-corrected chi connectivity index (χ0v) is 14.8. The number of nitrogens with zero attached hydrogens (tertiary/aromatic N) is 5. The first-order valence-corrected chi connectivity index (χ1v) is 8.99. The molecule has 0 radical (unpaired) electrons. The number of likely N-dealkylation sites (tertiary alicyclic amines) is 2. The number of amides is 1. The van der Waals surface area contributed by atoms with Crippen LogP contribution in [-0.2, 0) is 9.53 Å². The molecule has 134 valence electrons. The number of ether oxygens (including phenoxy) is 1. The zero-order valence-electron chi connectivity index (χ0n) is 14.8. The maximum absolute atomic E-state index is 12.9. The van der Waals surface area contributed by atoms with Gasteiger partial charge < -0.3 is 9.64 Å². The van der Waals surface area contributed by atoms with Crippen LogP contribution in [0.15, 0.2) is 24.4 Å². The number of piperidine rings is 1. The van der Waals surface area contributed by atoms with Crippen LogP contribution in [0.25, 0.3) is 5.65 Å². The molecule has 0 spiro atoms. The second-order valence-electron chi connectivity index (χ2n) is 7.14. The number of hydrogen-bond donors (Lipinski definition) is 0. The lowest BCUT2D eigenvalue weighted by Crippen LogP contribution is -2.47. The first-order valence-electron chi connectivity index (χ1n) is 8.99. The Kier molecular flexibility index (Phi) is 4.43. The van der Waals surface area contributed by atoms with Gasteiger partial charge in [-0.05, 0) is 38.4 Å². The van der Waals surface area contributed by atoms with Crippen molar-refractivity contribution in [2.24, 2.45) is 0 Å². The molecule has 0 bridgehead atoms. The average Bonchev–Trinajstić information content (AvgIpc) is 3.24. The molecule has 2 aromatic rings. The predicted octanol–water partition coefficient (Wildman–Crippen LogP) is 1.15. The number of rotatable bonds is 3. The quantitative estimate of drug-likeness (QED) is 0.837. The van der Waals surface area contributed by atoms with Gasteiger partial charge in [0.25, 0.3) is 0 Å². The molecule has 2 aliphatic heterocycles. The molecular formula is C18H25N5O2. The van der Waals surface area contributed by atoms with E-state index in [0.717, 1.165) is 50.4 Å². The van der Waals surface area contributed by atoms with Gasteiger partial charge in [0.2, 0.25) is 5.91 Å². The van der Waals surface area contributed by atoms with E-state index in [-0.39, 0.29) is 18.1 Å². The molecule has 2 aromatic heterocycles. The Labute approximate surface area is 147 Å². The fourth-order valence-electron chi connectivity index (χ4n) is 4.12. The number of aromatic nitrogens is 3. The van der Waals surface area contributed by atoms with Crippen LogP contribution in [0.5, 0.6) is 0 Å². The lowest BCUT2D eigenvalue weighted by Gasteiger charge is -2.34. The van der Waals surface area contributed by atoms with Crippen LogP contribution in [0.1, 0.15) is 31.0 Å². The second-order valence-corrected chi connectivity index (χ2v) is 7.14. The molecule has 1 amide bonds. The fraction of sp³-hybridized carbons (Fsp3) is 0.611. The highest BCUT2D eigenvalue weighted by Gasteiger charge is 2.38. The van der Waals surface area contributed by atoms with Crippen LogP contribution in [0.3, 0.4) is 0 Å². The number of likely N-dealkylation sites (N-methyl/N-ethyl adjacent to an activating group) is 1. The SMILES string of the molecule is CO[C@H]1C[C@@H](C(=O)N2CCC(c3nnc4ccccn34)CC2)N(C)C1. The third-order valence-electron chi connectivity index (χ3n) is 5.64. The van der Waals surface area contributed by atoms with Crippen molar-refractivity contribution in [1.82, 2.24) is 24.4 Å². The van der Waals surface area contributed by atoms with Crippen LogP contribution in [0, 0.1) is 0 Å². The Morgan fingerprint density at radius 2 is 2.04 bits per heavy atom. The molecule has 0 aromatic carbocycles. The normalized spacial score (nSPS) is 25.8. The summed E-state index contributed by atoms with van der Waals surface area (Å²) < 4.78 is 7.49. The van der Waals surface area contributed by atoms with Crippen molar-refractivity contribution in [3.05, 3.63) is 30.2 Å². The van der Waals surface area contributed by atoms with Crippen molar-refractivity contribution >= 4 is 11.6 Å². The summed E-state index contributed by atoms with van der Waals surface area (Å²) in [5.74, 6) is 1.61. The van der Waals surface area contributed by atoms with Crippen molar-refractivity contribution in [3.8, 4) is 0 Å². The van der Waals surface area contributed by atoms with E-state index in [2.05, 4.69) is 19.5 Å². The minimum Gasteiger partial charge on any atom is -0.380 e. The van der Waals surface area contributed by atoms with Crippen LogP contribution < -0.4 is 0 Å². The third-order valence-corrected chi connectivity index (χ3v) is 5.64. The van der Waals surface area contributed by atoms with E-state index in [1.165, 1.54) is 0 Å². The number of carbonyl (C=O) groups excluding carboxylic acids is 1. The highest BCUT2D eigenvalue weighted by molar-refractivity contribution is 5.82. The van der Waals surface area contributed by atoms with Crippen LogP contribution in [-0.4, -0.2) is 76.2 Å². The van der Waals surface area contributed by atoms with Crippen molar-refractivity contribution < 1.29 is 9.53 Å². The molecule has 7 heteroatoms. The highest BCUT2D eigenvalue weighted by Crippen LogP contribution is 2.29. The summed E-state index contributed by atoms with van der Waals surface area (Å²) in [5.41, 5.74) is 0.884. The fourth-order valence-corrected chi connectivity index (χ4v) is 4.12. The maximum Gasteiger partial charge on any atom is 0.240 e. The first-order chi connectivity index (χ1) is 12.2. The van der Waals surface area contributed by atoms with Crippen molar-refractivity contribution in [3.63, 3.8) is 0 Å². The van der Waals surface area contributed by atoms with E-state index in [1.54, 1.807) is 7.11 Å². The summed E-state index contributed by atoms with van der Waals surface area (Å²) in [6.07, 6.45) is 4.84. The molecule has 2 atom stereocenters. The lowest BCUT2D eigenvalue weighted by atomic mass is 9.95. The average molecular weight is 343 g/mol. The van der Waals surface area contributed by atoms with Crippen molar-refractivity contribution in [1.29, 1.82) is 0 Å². The Morgan fingerprint density at radius 1 is 1.24 bits per heavy atom. The number of methoxy groups -OCH3 is 1. The summed E-state index contributed by atoms with van der Waals surface area (Å²) in [7, 11) is 3.73. The molecule has 7 nitrogen and oxygen atoms in total. The Hall–Kier alpha value is -1.99. The van der Waals surface area contributed by atoms with Gasteiger partial charge in [0.15, 0.2) is 5.65 Å². The van der Waals surface area contributed by atoms with Crippen LogP contribution in [0.4, 0.5) is 0 Å². The minimum absolute atomic E-state index is 0.0459. The number of hydrogen-bond acceptors (Lipinski definition) is 5. The lowest BCUT2D eigenvalue weighted by molar-refractivity contribution is -0.136. The standard InChI is InChI=1S/C18H25N5O2/c1-21-12-14(25-2)11-15(21)18(24)22-9-6-13(7-10-22)17-20-19-16-5-3-4-8-23(16)17/h3-5,8,13-15H,6-7,9-12H2,1-2H3/t14-,15-/m0/s1. The molecule has 2 fully saturated rings. The van der Waals surface area contributed by atoms with Crippen LogP contribution in [0.2, 0.25) is 0 Å². The molecule has 0 aliphatic carbocycles. The van der Waals surface area contributed by atoms with Gasteiger partial charge in [-0.1, -0.05) is 6.07 Å². The summed E-state index contributed by atoms with van der Waals surface area (Å²) in [6.45, 7) is 2.40. The van der Waals surface area contributed by atoms with E-state index in [1.807, 2.05) is 36.3 Å². The molecule has 4 rings (SSSR count). The van der Waals surface area contributed by atoms with Gasteiger partial charge in [-0.25, -0.2) is 0 Å². The maximum atomic E-state index is 12.9. The predicted molar refractivity (Wildman–Crippen MR) is 93.4 cm³/mol. The molecule has 2 saturated heterocycles. The van der Waals surface area contributed by atoms with Gasteiger partial charge in [0, 0.05) is 38.9 Å². The second kappa shape index (κ2) is 6.72. The van der Waals surface area contributed by atoms with Gasteiger partial charge in [0.05, 0.1) is 12.1 Å². The summed E-state index contributed by atoms with van der Waals surface area (Å²) in [5, 5.41) is 8.63. The Morgan fingerprint density at radius 3 is 2.76 bits per heavy atom.